The van der Waals surface area contributed by atoms with Gasteiger partial charge in [-0.2, -0.15) is 5.26 Å². The maximum atomic E-state index is 15.2. The summed E-state index contributed by atoms with van der Waals surface area (Å²) >= 11 is 0. The smallest absolute Gasteiger partial charge is 0.238 e. The Morgan fingerprint density at radius 1 is 1.39 bits per heavy atom. The van der Waals surface area contributed by atoms with Crippen molar-refractivity contribution < 1.29 is 22.0 Å². The van der Waals surface area contributed by atoms with Gasteiger partial charge in [0.25, 0.3) is 0 Å². The van der Waals surface area contributed by atoms with Crippen LogP contribution >= 0.6 is 0 Å². The number of carbonyl (C=O) groups is 1. The van der Waals surface area contributed by atoms with Gasteiger partial charge in [-0.05, 0) is 37.5 Å². The van der Waals surface area contributed by atoms with E-state index in [1.54, 1.807) is 0 Å². The average Bonchev–Trinajstić information content (AvgIpc) is 3.41. The van der Waals surface area contributed by atoms with Crippen molar-refractivity contribution in [1.29, 1.82) is 5.26 Å². The number of nitrogens with one attached hydrogen (secondary N) is 2. The number of aromatic nitrogens is 2. The highest BCUT2D eigenvalue weighted by molar-refractivity contribution is 7.94. The number of hydrogen-bond donors (Lipinski definition) is 2. The van der Waals surface area contributed by atoms with E-state index >= 15 is 4.39 Å². The van der Waals surface area contributed by atoms with Gasteiger partial charge >= 0.3 is 0 Å². The highest BCUT2D eigenvalue weighted by atomic mass is 32.2. The Morgan fingerprint density at radius 2 is 2.13 bits per heavy atom. The second kappa shape index (κ2) is 7.28. The molecule has 1 aromatic carbocycles. The number of benzene rings is 1. The molecule has 0 atom stereocenters. The van der Waals surface area contributed by atoms with Crippen LogP contribution in [0.1, 0.15) is 40.7 Å². The minimum Gasteiger partial charge on any atom is -0.345 e. The summed E-state index contributed by atoms with van der Waals surface area (Å²) in [6, 6.07) is 5.03. The molecule has 2 N–H and O–H groups in total. The average molecular weight is 442 g/mol. The Labute approximate surface area is 176 Å². The van der Waals surface area contributed by atoms with E-state index in [2.05, 4.69) is 21.3 Å². The maximum absolute atomic E-state index is 15.2. The molecule has 0 unspecified atom stereocenters. The molecule has 0 aliphatic heterocycles. The number of ketones is 1. The van der Waals surface area contributed by atoms with Crippen LogP contribution in [-0.4, -0.2) is 28.9 Å². The number of sulfonamides is 1. The number of hydrogen-bond acceptors (Lipinski definition) is 5. The second-order valence-electron chi connectivity index (χ2n) is 7.33. The van der Waals surface area contributed by atoms with Crippen molar-refractivity contribution in [2.24, 2.45) is 0 Å². The van der Waals surface area contributed by atoms with E-state index in [9.17, 15) is 17.6 Å². The minimum atomic E-state index is -3.99. The first-order valence-electron chi connectivity index (χ1n) is 9.26. The third kappa shape index (κ3) is 3.37. The van der Waals surface area contributed by atoms with E-state index < -0.39 is 43.4 Å². The first-order chi connectivity index (χ1) is 14.7. The van der Waals surface area contributed by atoms with Crippen LogP contribution in [0.5, 0.6) is 0 Å². The maximum Gasteiger partial charge on any atom is 0.238 e. The van der Waals surface area contributed by atoms with E-state index in [0.717, 1.165) is 12.1 Å². The minimum absolute atomic E-state index is 0.0947. The van der Waals surface area contributed by atoms with Crippen LogP contribution < -0.4 is 4.72 Å². The first-order valence-corrected chi connectivity index (χ1v) is 10.7. The lowest BCUT2D eigenvalue weighted by Crippen LogP contribution is -2.30. The summed E-state index contributed by atoms with van der Waals surface area (Å²) in [6.07, 6.45) is 4.99. The summed E-state index contributed by atoms with van der Waals surface area (Å²) in [5, 5.41) is 9.27. The van der Waals surface area contributed by atoms with Gasteiger partial charge in [-0.15, -0.1) is 6.58 Å². The van der Waals surface area contributed by atoms with E-state index in [4.69, 9.17) is 5.26 Å². The molecule has 0 bridgehead atoms. The van der Waals surface area contributed by atoms with Crippen molar-refractivity contribution in [3.05, 3.63) is 71.6 Å². The van der Waals surface area contributed by atoms with Crippen LogP contribution in [0.3, 0.4) is 0 Å². The zero-order valence-electron chi connectivity index (χ0n) is 16.1. The molecule has 0 amide bonds. The van der Waals surface area contributed by atoms with Crippen LogP contribution in [0.25, 0.3) is 11.0 Å². The number of fused-ring (bicyclic) bond motifs is 1. The van der Waals surface area contributed by atoms with Crippen LogP contribution in [0.2, 0.25) is 0 Å². The lowest BCUT2D eigenvalue weighted by molar-refractivity contribution is 0.103. The van der Waals surface area contributed by atoms with Gasteiger partial charge in [0, 0.05) is 23.3 Å². The third-order valence-corrected chi connectivity index (χ3v) is 7.57. The van der Waals surface area contributed by atoms with Crippen LogP contribution in [-0.2, 0) is 10.0 Å². The van der Waals surface area contributed by atoms with Crippen molar-refractivity contribution in [2.45, 2.75) is 24.0 Å². The molecule has 7 nitrogen and oxygen atoms in total. The summed E-state index contributed by atoms with van der Waals surface area (Å²) in [5.41, 5.74) is -1.09. The van der Waals surface area contributed by atoms with Crippen LogP contribution in [0.4, 0.5) is 14.5 Å². The monoisotopic (exact) mass is 442 g/mol. The normalized spacial score (nSPS) is 14.7. The number of nitrogens with zero attached hydrogens (tertiary/aromatic N) is 2. The molecule has 1 fully saturated rings. The molecular formula is C21H16F2N4O3S. The number of halogens is 2. The number of allylic oxidation sites excluding steroid dienone is 1. The van der Waals surface area contributed by atoms with Crippen LogP contribution in [0.15, 0.2) is 43.2 Å². The van der Waals surface area contributed by atoms with Gasteiger partial charge in [0.2, 0.25) is 15.8 Å². The van der Waals surface area contributed by atoms with Gasteiger partial charge in [-0.1, -0.05) is 6.08 Å². The van der Waals surface area contributed by atoms with E-state index in [-0.39, 0.29) is 28.6 Å². The number of nitriles is 1. The lowest BCUT2D eigenvalue weighted by atomic mass is 10.0. The molecule has 2 heterocycles. The predicted molar refractivity (Wildman–Crippen MR) is 110 cm³/mol. The number of rotatable bonds is 7. The van der Waals surface area contributed by atoms with Crippen LogP contribution in [0, 0.1) is 23.0 Å². The number of anilines is 1. The third-order valence-electron chi connectivity index (χ3n) is 5.36. The topological polar surface area (TPSA) is 116 Å². The van der Waals surface area contributed by atoms with Crippen molar-refractivity contribution in [3.8, 4) is 6.07 Å². The molecule has 1 saturated carbocycles. The molecule has 10 heteroatoms. The number of H-pyrrole nitrogens is 1. The molecule has 4 rings (SSSR count). The molecule has 1 aliphatic carbocycles. The molecule has 3 aromatic rings. The molecular weight excluding hydrogens is 426 g/mol. The fourth-order valence-electron chi connectivity index (χ4n) is 3.46. The Kier molecular flexibility index (Phi) is 4.86. The Hall–Kier alpha value is -3.58. The standard InChI is InChI=1S/C21H16F2N4O3S/c1-2-5-21(6-7-21)31(29,30)27-16-4-3-15(22)17(18(16)23)19(28)14-11-26-20-13(14)8-12(9-24)10-25-20/h2-4,8,10-11,27H,1,5-7H2,(H,25,26). The summed E-state index contributed by atoms with van der Waals surface area (Å²) in [4.78, 5) is 19.7. The summed E-state index contributed by atoms with van der Waals surface area (Å²) in [7, 11) is -3.99. The second-order valence-corrected chi connectivity index (χ2v) is 9.41. The zero-order chi connectivity index (χ0) is 22.4. The van der Waals surface area contributed by atoms with Gasteiger partial charge in [-0.25, -0.2) is 22.2 Å². The summed E-state index contributed by atoms with van der Waals surface area (Å²) < 4.78 is 56.2. The SMILES string of the molecule is C=CCC1(S(=O)(=O)Nc2ccc(F)c(C(=O)c3c[nH]c4ncc(C#N)cc34)c2F)CC1. The van der Waals surface area contributed by atoms with Crippen molar-refractivity contribution in [2.75, 3.05) is 4.72 Å². The Morgan fingerprint density at radius 3 is 2.77 bits per heavy atom. The number of aromatic amines is 1. The summed E-state index contributed by atoms with van der Waals surface area (Å²) in [5.74, 6) is -3.47. The highest BCUT2D eigenvalue weighted by Crippen LogP contribution is 2.47. The Bertz CT molecular complexity index is 1390. The Balaban J connectivity index is 1.76. The summed E-state index contributed by atoms with van der Waals surface area (Å²) in [6.45, 7) is 3.55. The predicted octanol–water partition coefficient (Wildman–Crippen LogP) is 3.79. The van der Waals surface area contributed by atoms with Gasteiger partial charge < -0.3 is 4.98 Å². The van der Waals surface area contributed by atoms with Gasteiger partial charge in [0.1, 0.15) is 17.5 Å². The van der Waals surface area contributed by atoms with E-state index in [1.807, 2.05) is 6.07 Å². The molecule has 2 aromatic heterocycles. The fourth-order valence-corrected chi connectivity index (χ4v) is 5.11. The highest BCUT2D eigenvalue weighted by Gasteiger charge is 2.53. The molecule has 31 heavy (non-hydrogen) atoms. The number of carbonyl (C=O) groups excluding carboxylic acids is 1. The van der Waals surface area contributed by atoms with Crippen molar-refractivity contribution in [3.63, 3.8) is 0 Å². The van der Waals surface area contributed by atoms with Gasteiger partial charge in [0.05, 0.1) is 21.6 Å². The number of pyridine rings is 1. The van der Waals surface area contributed by atoms with E-state index in [1.165, 1.54) is 24.5 Å². The zero-order valence-corrected chi connectivity index (χ0v) is 16.9. The molecule has 158 valence electrons. The molecule has 0 radical (unpaired) electrons. The van der Waals surface area contributed by atoms with Gasteiger partial charge in [0.15, 0.2) is 5.82 Å². The van der Waals surface area contributed by atoms with E-state index in [0.29, 0.717) is 12.8 Å². The largest absolute Gasteiger partial charge is 0.345 e. The lowest BCUT2D eigenvalue weighted by Gasteiger charge is -2.17. The van der Waals surface area contributed by atoms with Crippen molar-refractivity contribution >= 4 is 32.5 Å². The first kappa shape index (κ1) is 20.7. The molecule has 0 saturated heterocycles. The quantitative estimate of drug-likeness (QED) is 0.427. The van der Waals surface area contributed by atoms with Crippen molar-refractivity contribution in [1.82, 2.24) is 9.97 Å². The molecule has 1 aliphatic rings. The van der Waals surface area contributed by atoms with Gasteiger partial charge in [-0.3, -0.25) is 9.52 Å². The fraction of sp³-hybridized carbons (Fsp3) is 0.190. The molecule has 0 spiro atoms.